The van der Waals surface area contributed by atoms with E-state index in [1.807, 2.05) is 0 Å². The lowest BCUT2D eigenvalue weighted by Gasteiger charge is -2.30. The molecule has 0 aliphatic carbocycles. The van der Waals surface area contributed by atoms with Gasteiger partial charge in [-0.15, -0.1) is 0 Å². The van der Waals surface area contributed by atoms with Gasteiger partial charge in [-0.25, -0.2) is 4.79 Å². The van der Waals surface area contributed by atoms with Crippen LogP contribution < -0.4 is 9.47 Å². The normalized spacial score (nSPS) is 14.5. The average Bonchev–Trinajstić information content (AvgIpc) is 2.75. The highest BCUT2D eigenvalue weighted by atomic mass is 16.5. The van der Waals surface area contributed by atoms with E-state index in [1.54, 1.807) is 36.1 Å². The van der Waals surface area contributed by atoms with Crippen LogP contribution in [0.3, 0.4) is 0 Å². The highest BCUT2D eigenvalue weighted by Gasteiger charge is 2.28. The third kappa shape index (κ3) is 6.81. The molecule has 1 saturated heterocycles. The Balaban J connectivity index is 1.80. The van der Waals surface area contributed by atoms with Crippen LogP contribution in [0, 0.1) is 5.92 Å². The predicted molar refractivity (Wildman–Crippen MR) is 105 cm³/mol. The maximum atomic E-state index is 12.2. The van der Waals surface area contributed by atoms with Crippen molar-refractivity contribution in [2.45, 2.75) is 19.8 Å². The summed E-state index contributed by atoms with van der Waals surface area (Å²) in [6, 6.07) is 5.20. The molecule has 1 aromatic rings. The summed E-state index contributed by atoms with van der Waals surface area (Å²) in [6.45, 7) is 2.67. The first kappa shape index (κ1) is 22.3. The SMILES string of the molecule is CCOC(=O)C1CCN(C(=O)COC(=O)/C=C/c2cc(OC)cc(OC)c2)CC1. The molecule has 1 fully saturated rings. The molecular formula is C21H27NO7. The molecule has 0 spiro atoms. The highest BCUT2D eigenvalue weighted by molar-refractivity contribution is 5.89. The molecule has 8 heteroatoms. The predicted octanol–water partition coefficient (Wildman–Crippen LogP) is 2.06. The number of hydrogen-bond donors (Lipinski definition) is 0. The summed E-state index contributed by atoms with van der Waals surface area (Å²) in [4.78, 5) is 37.5. The van der Waals surface area contributed by atoms with Gasteiger partial charge in [-0.2, -0.15) is 0 Å². The number of esters is 2. The van der Waals surface area contributed by atoms with E-state index in [4.69, 9.17) is 18.9 Å². The average molecular weight is 405 g/mol. The number of amides is 1. The van der Waals surface area contributed by atoms with E-state index in [-0.39, 0.29) is 24.4 Å². The molecule has 158 valence electrons. The third-order valence-corrected chi connectivity index (χ3v) is 4.59. The molecule has 8 nitrogen and oxygen atoms in total. The first-order valence-corrected chi connectivity index (χ1v) is 9.49. The van der Waals surface area contributed by atoms with Gasteiger partial charge in [0.05, 0.1) is 26.7 Å². The van der Waals surface area contributed by atoms with Gasteiger partial charge in [-0.05, 0) is 43.5 Å². The van der Waals surface area contributed by atoms with Gasteiger partial charge in [0.15, 0.2) is 6.61 Å². The lowest BCUT2D eigenvalue weighted by Crippen LogP contribution is -2.42. The van der Waals surface area contributed by atoms with Crippen LogP contribution in [0.25, 0.3) is 6.08 Å². The number of benzene rings is 1. The van der Waals surface area contributed by atoms with Crippen LogP contribution in [0.1, 0.15) is 25.3 Å². The first-order valence-electron chi connectivity index (χ1n) is 9.49. The van der Waals surface area contributed by atoms with Crippen LogP contribution in [0.5, 0.6) is 11.5 Å². The highest BCUT2D eigenvalue weighted by Crippen LogP contribution is 2.23. The van der Waals surface area contributed by atoms with Gasteiger partial charge in [0.25, 0.3) is 5.91 Å². The Hall–Kier alpha value is -3.03. The molecule has 1 heterocycles. The number of likely N-dealkylation sites (tertiary alicyclic amines) is 1. The topological polar surface area (TPSA) is 91.4 Å². The van der Waals surface area contributed by atoms with Crippen LogP contribution in [0.2, 0.25) is 0 Å². The van der Waals surface area contributed by atoms with E-state index in [2.05, 4.69) is 0 Å². The summed E-state index contributed by atoms with van der Waals surface area (Å²) in [5.41, 5.74) is 0.700. The molecule has 1 aromatic carbocycles. The Bertz CT molecular complexity index is 729. The zero-order valence-corrected chi connectivity index (χ0v) is 17.0. The quantitative estimate of drug-likeness (QED) is 0.483. The van der Waals surface area contributed by atoms with Gasteiger partial charge >= 0.3 is 11.9 Å². The van der Waals surface area contributed by atoms with Crippen LogP contribution >= 0.6 is 0 Å². The van der Waals surface area contributed by atoms with Crippen LogP contribution in [0.15, 0.2) is 24.3 Å². The second-order valence-electron chi connectivity index (χ2n) is 6.49. The van der Waals surface area contributed by atoms with Crippen molar-refractivity contribution in [1.82, 2.24) is 4.90 Å². The van der Waals surface area contributed by atoms with E-state index >= 15 is 0 Å². The van der Waals surface area contributed by atoms with Crippen molar-refractivity contribution in [2.75, 3.05) is 40.5 Å². The molecule has 0 atom stereocenters. The van der Waals surface area contributed by atoms with Gasteiger partial charge in [-0.3, -0.25) is 9.59 Å². The van der Waals surface area contributed by atoms with Gasteiger partial charge in [0.2, 0.25) is 0 Å². The first-order chi connectivity index (χ1) is 14.0. The summed E-state index contributed by atoms with van der Waals surface area (Å²) in [7, 11) is 3.08. The minimum Gasteiger partial charge on any atom is -0.497 e. The van der Waals surface area contributed by atoms with Crippen molar-refractivity contribution in [3.8, 4) is 11.5 Å². The molecule has 1 aliphatic rings. The number of ether oxygens (including phenoxy) is 4. The van der Waals surface area contributed by atoms with Crippen LogP contribution in [-0.2, 0) is 23.9 Å². The van der Waals surface area contributed by atoms with Crippen molar-refractivity contribution in [1.29, 1.82) is 0 Å². The second kappa shape index (κ2) is 11.1. The monoisotopic (exact) mass is 405 g/mol. The lowest BCUT2D eigenvalue weighted by molar-refractivity contribution is -0.153. The fourth-order valence-corrected chi connectivity index (χ4v) is 2.99. The van der Waals surface area contributed by atoms with Crippen molar-refractivity contribution in [2.24, 2.45) is 5.92 Å². The summed E-state index contributed by atoms with van der Waals surface area (Å²) >= 11 is 0. The molecular weight excluding hydrogens is 378 g/mol. The number of hydrogen-bond acceptors (Lipinski definition) is 7. The molecule has 0 N–H and O–H groups in total. The van der Waals surface area contributed by atoms with Crippen molar-refractivity contribution in [3.63, 3.8) is 0 Å². The van der Waals surface area contributed by atoms with Gasteiger partial charge in [0, 0.05) is 25.2 Å². The molecule has 29 heavy (non-hydrogen) atoms. The summed E-state index contributed by atoms with van der Waals surface area (Å²) in [5, 5.41) is 0. The molecule has 0 bridgehead atoms. The van der Waals surface area contributed by atoms with Crippen LogP contribution in [0.4, 0.5) is 0 Å². The fraction of sp³-hybridized carbons (Fsp3) is 0.476. The maximum Gasteiger partial charge on any atom is 0.331 e. The maximum absolute atomic E-state index is 12.2. The second-order valence-corrected chi connectivity index (χ2v) is 6.49. The van der Waals surface area contributed by atoms with E-state index in [0.717, 1.165) is 0 Å². The Morgan fingerprint density at radius 2 is 1.66 bits per heavy atom. The van der Waals surface area contributed by atoms with E-state index < -0.39 is 5.97 Å². The Morgan fingerprint density at radius 1 is 1.03 bits per heavy atom. The van der Waals surface area contributed by atoms with Crippen LogP contribution in [-0.4, -0.2) is 63.3 Å². The summed E-state index contributed by atoms with van der Waals surface area (Å²) < 4.78 is 20.4. The molecule has 1 amide bonds. The minimum atomic E-state index is -0.624. The van der Waals surface area contributed by atoms with Crippen molar-refractivity contribution >= 4 is 23.9 Å². The van der Waals surface area contributed by atoms with E-state index in [1.165, 1.54) is 20.3 Å². The number of carbonyl (C=O) groups is 3. The van der Waals surface area contributed by atoms with Gasteiger partial charge < -0.3 is 23.8 Å². The number of piperidine rings is 1. The molecule has 2 rings (SSSR count). The molecule has 0 unspecified atom stereocenters. The summed E-state index contributed by atoms with van der Waals surface area (Å²) in [6.07, 6.45) is 3.91. The largest absolute Gasteiger partial charge is 0.497 e. The van der Waals surface area contributed by atoms with Crippen molar-refractivity contribution in [3.05, 3.63) is 29.8 Å². The van der Waals surface area contributed by atoms with E-state index in [9.17, 15) is 14.4 Å². The minimum absolute atomic E-state index is 0.177. The van der Waals surface area contributed by atoms with E-state index in [0.29, 0.717) is 49.6 Å². The molecule has 0 radical (unpaired) electrons. The number of methoxy groups -OCH3 is 2. The number of carbonyl (C=O) groups excluding carboxylic acids is 3. The van der Waals surface area contributed by atoms with Gasteiger partial charge in [0.1, 0.15) is 11.5 Å². The Kier molecular flexibility index (Phi) is 8.51. The summed E-state index contributed by atoms with van der Waals surface area (Å²) in [5.74, 6) is -0.106. The zero-order chi connectivity index (χ0) is 21.2. The third-order valence-electron chi connectivity index (χ3n) is 4.59. The molecule has 1 aliphatic heterocycles. The Labute approximate surface area is 170 Å². The molecule has 0 saturated carbocycles. The van der Waals surface area contributed by atoms with Gasteiger partial charge in [-0.1, -0.05) is 0 Å². The number of nitrogens with zero attached hydrogens (tertiary/aromatic N) is 1. The Morgan fingerprint density at radius 3 is 2.21 bits per heavy atom. The number of rotatable bonds is 8. The molecule has 0 aromatic heterocycles. The fourth-order valence-electron chi connectivity index (χ4n) is 2.99. The zero-order valence-electron chi connectivity index (χ0n) is 17.0. The lowest BCUT2D eigenvalue weighted by atomic mass is 9.97. The standard InChI is InChI=1S/C21H27NO7/c1-4-28-21(25)16-7-9-22(10-8-16)19(23)14-29-20(24)6-5-15-11-17(26-2)13-18(12-15)27-3/h5-6,11-13,16H,4,7-10,14H2,1-3H3/b6-5+. The smallest absolute Gasteiger partial charge is 0.331 e. The van der Waals surface area contributed by atoms with Crippen molar-refractivity contribution < 1.29 is 33.3 Å².